The molecule has 42 heavy (non-hydrogen) atoms. The number of hydrogen-bond donors (Lipinski definition) is 0. The molecule has 1 aromatic heterocycles. The topological polar surface area (TPSA) is 79.2 Å². The van der Waals surface area contributed by atoms with Crippen molar-refractivity contribution in [2.45, 2.75) is 57.3 Å². The number of likely N-dealkylation sites (tertiary alicyclic amines) is 1. The van der Waals surface area contributed by atoms with Crippen molar-refractivity contribution in [3.05, 3.63) is 87.7 Å². The standard InChI is InChI=1S/C31H30Cl2F2N2O5/c32-24-16-36-17-25(33)23(24)15-27(21-10-11-26(42-31(34)35)28(13-21)40-18-19-8-9-19)41-29(38)14-22-7-4-12-37(22)30(39)20-5-2-1-3-6-20/h1-3,5-6,10-11,13,16-17,19,22,27,31H,4,7-9,12,14-15,18H2/p+1/t22-,27-/m0/s1. The third-order valence-electron chi connectivity index (χ3n) is 7.45. The second kappa shape index (κ2) is 13.7. The Morgan fingerprint density at radius 1 is 1.00 bits per heavy atom. The minimum Gasteiger partial charge on any atom is -0.489 e. The molecule has 2 aliphatic rings. The summed E-state index contributed by atoms with van der Waals surface area (Å²) in [5, 5.41) is 0.698. The normalized spacial score (nSPS) is 17.3. The van der Waals surface area contributed by atoms with E-state index in [9.17, 15) is 18.4 Å². The molecule has 0 spiro atoms. The summed E-state index contributed by atoms with van der Waals surface area (Å²) >= 11 is 12.8. The summed E-state index contributed by atoms with van der Waals surface area (Å²) in [4.78, 5) is 31.1. The van der Waals surface area contributed by atoms with Gasteiger partial charge < -0.3 is 19.1 Å². The number of ether oxygens (including phenoxy) is 3. The van der Waals surface area contributed by atoms with Crippen LogP contribution < -0.4 is 14.5 Å². The fourth-order valence-electron chi connectivity index (χ4n) is 5.07. The molecule has 1 amide bonds. The lowest BCUT2D eigenvalue weighted by Crippen LogP contribution is -2.37. The molecule has 2 aromatic carbocycles. The summed E-state index contributed by atoms with van der Waals surface area (Å²) in [6.07, 6.45) is 5.84. The molecule has 1 saturated carbocycles. The minimum atomic E-state index is -3.03. The van der Waals surface area contributed by atoms with Crippen LogP contribution in [0.3, 0.4) is 0 Å². The molecule has 5 rings (SSSR count). The molecule has 2 heterocycles. The molecule has 0 bridgehead atoms. The Labute approximate surface area is 252 Å². The van der Waals surface area contributed by atoms with Gasteiger partial charge in [0.05, 0.1) is 13.0 Å². The van der Waals surface area contributed by atoms with Gasteiger partial charge in [-0.15, -0.1) is 0 Å². The molecular formula is C31H31Cl2F2N2O5+. The van der Waals surface area contributed by atoms with Crippen LogP contribution in [0.4, 0.5) is 8.78 Å². The molecule has 2 atom stereocenters. The molecular weight excluding hydrogens is 589 g/mol. The van der Waals surface area contributed by atoms with Crippen LogP contribution in [0, 0.1) is 5.92 Å². The van der Waals surface area contributed by atoms with Crippen LogP contribution in [0.2, 0.25) is 10.0 Å². The second-order valence-corrected chi connectivity index (χ2v) is 11.3. The number of aromatic amines is 1. The quantitative estimate of drug-likeness (QED) is 0.210. The van der Waals surface area contributed by atoms with E-state index in [1.54, 1.807) is 53.7 Å². The van der Waals surface area contributed by atoms with E-state index >= 15 is 0 Å². The number of aromatic nitrogens is 1. The van der Waals surface area contributed by atoms with Crippen molar-refractivity contribution >= 4 is 35.1 Å². The highest BCUT2D eigenvalue weighted by Crippen LogP contribution is 2.38. The number of halogens is 4. The largest absolute Gasteiger partial charge is 0.489 e. The van der Waals surface area contributed by atoms with Gasteiger partial charge in [-0.05, 0) is 61.4 Å². The van der Waals surface area contributed by atoms with E-state index in [0.717, 1.165) is 19.3 Å². The van der Waals surface area contributed by atoms with Gasteiger partial charge in [-0.25, -0.2) is 4.98 Å². The van der Waals surface area contributed by atoms with E-state index in [1.165, 1.54) is 6.07 Å². The van der Waals surface area contributed by atoms with E-state index in [4.69, 9.17) is 32.7 Å². The first-order valence-corrected chi connectivity index (χ1v) is 14.6. The van der Waals surface area contributed by atoms with E-state index in [1.807, 2.05) is 6.07 Å². The van der Waals surface area contributed by atoms with Gasteiger partial charge in [-0.1, -0.05) is 47.5 Å². The van der Waals surface area contributed by atoms with Crippen molar-refractivity contribution in [1.29, 1.82) is 0 Å². The van der Waals surface area contributed by atoms with E-state index in [2.05, 4.69) is 9.72 Å². The van der Waals surface area contributed by atoms with Gasteiger partial charge in [0.15, 0.2) is 23.9 Å². The maximum Gasteiger partial charge on any atom is 0.387 e. The minimum absolute atomic E-state index is 0.00325. The number of amides is 1. The molecule has 7 nitrogen and oxygen atoms in total. The number of esters is 1. The maximum atomic E-state index is 13.4. The summed E-state index contributed by atoms with van der Waals surface area (Å²) in [7, 11) is 0. The predicted octanol–water partition coefficient (Wildman–Crippen LogP) is 6.72. The van der Waals surface area contributed by atoms with E-state index in [-0.39, 0.29) is 36.3 Å². The number of carbonyl (C=O) groups is 2. The van der Waals surface area contributed by atoms with Crippen LogP contribution in [0.1, 0.15) is 59.7 Å². The lowest BCUT2D eigenvalue weighted by molar-refractivity contribution is -0.377. The molecule has 1 aliphatic carbocycles. The number of H-pyrrole nitrogens is 1. The van der Waals surface area contributed by atoms with Crippen molar-refractivity contribution in [3.63, 3.8) is 0 Å². The number of nitrogens with one attached hydrogen (secondary N) is 1. The van der Waals surface area contributed by atoms with Gasteiger partial charge >= 0.3 is 12.6 Å². The smallest absolute Gasteiger partial charge is 0.387 e. The molecule has 3 aromatic rings. The molecule has 2 fully saturated rings. The number of pyridine rings is 1. The van der Waals surface area contributed by atoms with E-state index < -0.39 is 18.7 Å². The average molecular weight is 620 g/mol. The van der Waals surface area contributed by atoms with Gasteiger partial charge in [0, 0.05) is 30.1 Å². The average Bonchev–Trinajstić information content (AvgIpc) is 3.70. The highest BCUT2D eigenvalue weighted by Gasteiger charge is 2.33. The molecule has 0 radical (unpaired) electrons. The first-order chi connectivity index (χ1) is 20.3. The monoisotopic (exact) mass is 619 g/mol. The second-order valence-electron chi connectivity index (χ2n) is 10.5. The summed E-state index contributed by atoms with van der Waals surface area (Å²) in [5.74, 6) is -0.247. The van der Waals surface area contributed by atoms with Gasteiger partial charge in [0.2, 0.25) is 0 Å². The Balaban J connectivity index is 1.38. The first kappa shape index (κ1) is 30.0. The van der Waals surface area contributed by atoms with Crippen molar-refractivity contribution in [2.24, 2.45) is 5.92 Å². The predicted molar refractivity (Wildman–Crippen MR) is 152 cm³/mol. The highest BCUT2D eigenvalue weighted by atomic mass is 35.5. The maximum absolute atomic E-state index is 13.4. The van der Waals surface area contributed by atoms with Crippen molar-refractivity contribution in [1.82, 2.24) is 4.90 Å². The Hall–Kier alpha value is -3.43. The number of nitrogens with zero attached hydrogens (tertiary/aromatic N) is 1. The number of benzene rings is 2. The van der Waals surface area contributed by atoms with Crippen LogP contribution in [0.25, 0.3) is 0 Å². The van der Waals surface area contributed by atoms with Gasteiger partial charge in [0.25, 0.3) is 5.91 Å². The molecule has 0 unspecified atom stereocenters. The van der Waals surface area contributed by atoms with Crippen molar-refractivity contribution in [3.8, 4) is 11.5 Å². The summed E-state index contributed by atoms with van der Waals surface area (Å²) in [6, 6.07) is 13.1. The summed E-state index contributed by atoms with van der Waals surface area (Å²) in [6.45, 7) is -2.11. The Morgan fingerprint density at radius 3 is 2.43 bits per heavy atom. The molecule has 1 saturated heterocycles. The van der Waals surface area contributed by atoms with Crippen LogP contribution in [-0.2, 0) is 16.0 Å². The van der Waals surface area contributed by atoms with E-state index in [0.29, 0.717) is 52.2 Å². The first-order valence-electron chi connectivity index (χ1n) is 13.9. The molecule has 1 aliphatic heterocycles. The Bertz CT molecular complexity index is 1390. The van der Waals surface area contributed by atoms with Crippen LogP contribution in [0.5, 0.6) is 11.5 Å². The Morgan fingerprint density at radius 2 is 1.74 bits per heavy atom. The third kappa shape index (κ3) is 7.69. The zero-order valence-electron chi connectivity index (χ0n) is 22.7. The van der Waals surface area contributed by atoms with Crippen LogP contribution in [0.15, 0.2) is 60.9 Å². The lowest BCUT2D eigenvalue weighted by atomic mass is 10.0. The van der Waals surface area contributed by atoms with Gasteiger partial charge in [0.1, 0.15) is 16.1 Å². The zero-order chi connectivity index (χ0) is 29.6. The van der Waals surface area contributed by atoms with Crippen LogP contribution in [-0.4, -0.2) is 42.6 Å². The van der Waals surface area contributed by atoms with Gasteiger partial charge in [-0.2, -0.15) is 8.78 Å². The fourth-order valence-corrected chi connectivity index (χ4v) is 5.60. The molecule has 222 valence electrons. The van der Waals surface area contributed by atoms with Crippen molar-refractivity contribution in [2.75, 3.05) is 13.2 Å². The highest BCUT2D eigenvalue weighted by molar-refractivity contribution is 6.35. The van der Waals surface area contributed by atoms with Crippen LogP contribution >= 0.6 is 23.2 Å². The lowest BCUT2D eigenvalue weighted by Gasteiger charge is -2.26. The zero-order valence-corrected chi connectivity index (χ0v) is 24.3. The number of alkyl halides is 2. The third-order valence-corrected chi connectivity index (χ3v) is 8.12. The summed E-state index contributed by atoms with van der Waals surface area (Å²) in [5.41, 5.74) is 1.61. The number of carbonyl (C=O) groups excluding carboxylic acids is 2. The van der Waals surface area contributed by atoms with Crippen molar-refractivity contribution < 1.29 is 37.6 Å². The summed E-state index contributed by atoms with van der Waals surface area (Å²) < 4.78 is 42.7. The molecule has 1 N–H and O–H groups in total. The van der Waals surface area contributed by atoms with Gasteiger partial charge in [-0.3, -0.25) is 9.59 Å². The SMILES string of the molecule is O=C(C[C@@H]1CCCN1C(=O)c1ccccc1)O[C@@H](Cc1c(Cl)c[nH+]cc1Cl)c1ccc(OC(F)F)c(OCC2CC2)c1. The molecule has 11 heteroatoms. The fraction of sp³-hybridized carbons (Fsp3) is 0.387. The number of rotatable bonds is 12. The Kier molecular flexibility index (Phi) is 9.80. The number of hydrogen-bond acceptors (Lipinski definition) is 5.